The SMILES string of the molecule is C=CCNC(=O)C(=O)C(CC1CC1)NC(=O)[C@@H]1[C@H]2CCC(C)(C)[C@H]2CN1C(=O)[C@@H](NC(=O)N[C@H](CN1C(=O)CC(C)(C)CC1=O)C(C)(C)C)C1(C)CCCCC1. The van der Waals surface area contributed by atoms with Crippen molar-refractivity contribution in [1.29, 1.82) is 0 Å². The molecule has 2 aliphatic heterocycles. The second-order valence-corrected chi connectivity index (χ2v) is 20.4. The minimum absolute atomic E-state index is 0.0136. The summed E-state index contributed by atoms with van der Waals surface area (Å²) >= 11 is 0. The van der Waals surface area contributed by atoms with Crippen molar-refractivity contribution in [1.82, 2.24) is 31.1 Å². The van der Waals surface area contributed by atoms with Crippen LogP contribution in [0, 0.1) is 39.4 Å². The molecule has 1 unspecified atom stereocenters. The fraction of sp³-hybridized carbons (Fsp3) is 0.791. The average molecular weight is 781 g/mol. The van der Waals surface area contributed by atoms with E-state index in [0.29, 0.717) is 25.8 Å². The first-order chi connectivity index (χ1) is 26.1. The van der Waals surface area contributed by atoms with Crippen LogP contribution in [0.5, 0.6) is 0 Å². The Kier molecular flexibility index (Phi) is 12.9. The molecule has 5 aliphatic rings. The number of piperidine rings is 1. The van der Waals surface area contributed by atoms with E-state index in [4.69, 9.17) is 0 Å². The molecule has 13 nitrogen and oxygen atoms in total. The molecular formula is C43H68N6O7. The minimum atomic E-state index is -1.01. The van der Waals surface area contributed by atoms with Gasteiger partial charge in [-0.3, -0.25) is 33.7 Å². The van der Waals surface area contributed by atoms with Gasteiger partial charge in [0, 0.05) is 32.5 Å². The molecule has 312 valence electrons. The summed E-state index contributed by atoms with van der Waals surface area (Å²) in [6.07, 6.45) is 10.0. The highest BCUT2D eigenvalue weighted by Crippen LogP contribution is 2.53. The molecule has 56 heavy (non-hydrogen) atoms. The zero-order valence-corrected chi connectivity index (χ0v) is 35.2. The van der Waals surface area contributed by atoms with E-state index < -0.39 is 64.0 Å². The van der Waals surface area contributed by atoms with Crippen LogP contribution in [-0.4, -0.2) is 95.0 Å². The molecule has 2 saturated heterocycles. The molecule has 2 heterocycles. The quantitative estimate of drug-likeness (QED) is 0.113. The molecular weight excluding hydrogens is 713 g/mol. The zero-order chi connectivity index (χ0) is 41.4. The van der Waals surface area contributed by atoms with Crippen LogP contribution in [0.1, 0.15) is 132 Å². The zero-order valence-electron chi connectivity index (χ0n) is 35.2. The standard InChI is InChI=1S/C43H68N6O7/c1-10-20-44-37(54)34(52)29(21-26-14-15-26)45-36(53)33-27-16-19-42(7,8)28(27)24-49(33)38(55)35(43(9)17-12-11-13-18-43)47-39(56)46-30(40(2,3)4)25-48-31(50)22-41(5,6)23-32(48)51/h10,26-30,33,35H,1,11-25H2,2-9H3,(H,44,54)(H,45,53)(H2,46,47,56)/t27-,28-,29?,30+,33-,35+/m0/s1. The fourth-order valence-corrected chi connectivity index (χ4v) is 9.78. The van der Waals surface area contributed by atoms with Crippen LogP contribution >= 0.6 is 0 Å². The van der Waals surface area contributed by atoms with Crippen LogP contribution in [0.3, 0.4) is 0 Å². The Bertz CT molecular complexity index is 1550. The predicted octanol–water partition coefficient (Wildman–Crippen LogP) is 4.63. The van der Waals surface area contributed by atoms with Crippen molar-refractivity contribution in [3.05, 3.63) is 12.7 Å². The van der Waals surface area contributed by atoms with Crippen molar-refractivity contribution in [3.63, 3.8) is 0 Å². The number of imide groups is 1. The maximum Gasteiger partial charge on any atom is 0.315 e. The van der Waals surface area contributed by atoms with Crippen LogP contribution in [0.4, 0.5) is 4.79 Å². The summed E-state index contributed by atoms with van der Waals surface area (Å²) < 4.78 is 0. The monoisotopic (exact) mass is 781 g/mol. The van der Waals surface area contributed by atoms with Crippen molar-refractivity contribution >= 4 is 41.4 Å². The van der Waals surface area contributed by atoms with E-state index in [9.17, 15) is 28.8 Å². The second kappa shape index (κ2) is 16.6. The lowest BCUT2D eigenvalue weighted by Gasteiger charge is -2.43. The maximum absolute atomic E-state index is 15.2. The number of nitrogens with zero attached hydrogens (tertiary/aromatic N) is 2. The third-order valence-corrected chi connectivity index (χ3v) is 13.7. The van der Waals surface area contributed by atoms with Gasteiger partial charge in [0.1, 0.15) is 12.1 Å². The second-order valence-electron chi connectivity index (χ2n) is 20.4. The predicted molar refractivity (Wildman–Crippen MR) is 213 cm³/mol. The van der Waals surface area contributed by atoms with E-state index in [1.165, 1.54) is 11.0 Å². The summed E-state index contributed by atoms with van der Waals surface area (Å²) in [6, 6.07) is -4.04. The van der Waals surface area contributed by atoms with Gasteiger partial charge in [-0.1, -0.05) is 93.6 Å². The number of hydrogen-bond donors (Lipinski definition) is 4. The highest BCUT2D eigenvalue weighted by Gasteiger charge is 2.58. The largest absolute Gasteiger partial charge is 0.346 e. The molecule has 7 amide bonds. The number of carbonyl (C=O) groups excluding carboxylic acids is 7. The molecule has 3 saturated carbocycles. The Balaban J connectivity index is 1.41. The number of Topliss-reactive ketones (excluding diaryl/α,β-unsaturated/α-hetero) is 1. The first-order valence-corrected chi connectivity index (χ1v) is 21.0. The van der Waals surface area contributed by atoms with E-state index >= 15 is 4.79 Å². The van der Waals surface area contributed by atoms with Crippen molar-refractivity contribution in [2.45, 2.75) is 157 Å². The molecule has 5 fully saturated rings. The number of amides is 7. The number of rotatable bonds is 14. The van der Waals surface area contributed by atoms with Gasteiger partial charge in [-0.05, 0) is 71.5 Å². The molecule has 0 spiro atoms. The van der Waals surface area contributed by atoms with E-state index in [1.54, 1.807) is 4.90 Å². The molecule has 4 N–H and O–H groups in total. The number of ketones is 1. The Morgan fingerprint density at radius 3 is 2.07 bits per heavy atom. The third kappa shape index (κ3) is 9.84. The summed E-state index contributed by atoms with van der Waals surface area (Å²) in [5.41, 5.74) is -1.71. The normalized spacial score (nSPS) is 27.0. The van der Waals surface area contributed by atoms with Crippen molar-refractivity contribution in [2.75, 3.05) is 19.6 Å². The molecule has 0 aromatic heterocycles. The summed E-state index contributed by atoms with van der Waals surface area (Å²) in [5.74, 6) is -2.68. The number of hydrogen-bond acceptors (Lipinski definition) is 7. The number of nitrogens with one attached hydrogen (secondary N) is 4. The molecule has 0 bridgehead atoms. The van der Waals surface area contributed by atoms with Crippen LogP contribution in [0.15, 0.2) is 12.7 Å². The Hall–Kier alpha value is -3.77. The fourth-order valence-electron chi connectivity index (χ4n) is 9.78. The molecule has 6 atom stereocenters. The smallest absolute Gasteiger partial charge is 0.315 e. The lowest BCUT2D eigenvalue weighted by atomic mass is 9.70. The maximum atomic E-state index is 15.2. The molecule has 5 rings (SSSR count). The Labute approximate surface area is 333 Å². The summed E-state index contributed by atoms with van der Waals surface area (Å²) in [5, 5.41) is 11.6. The van der Waals surface area contributed by atoms with Crippen molar-refractivity contribution < 1.29 is 33.6 Å². The van der Waals surface area contributed by atoms with E-state index in [-0.39, 0.29) is 66.8 Å². The van der Waals surface area contributed by atoms with Gasteiger partial charge in [0.05, 0.1) is 12.1 Å². The van der Waals surface area contributed by atoms with E-state index in [0.717, 1.165) is 44.9 Å². The van der Waals surface area contributed by atoms with Gasteiger partial charge >= 0.3 is 6.03 Å². The van der Waals surface area contributed by atoms with Crippen LogP contribution in [-0.2, 0) is 28.8 Å². The molecule has 0 aromatic carbocycles. The summed E-state index contributed by atoms with van der Waals surface area (Å²) in [4.78, 5) is 99.3. The molecule has 0 aromatic rings. The molecule has 13 heteroatoms. The molecule has 3 aliphatic carbocycles. The summed E-state index contributed by atoms with van der Waals surface area (Å²) in [6.45, 7) is 20.0. The number of likely N-dealkylation sites (tertiary alicyclic amines) is 2. The Morgan fingerprint density at radius 1 is 0.875 bits per heavy atom. The summed E-state index contributed by atoms with van der Waals surface area (Å²) in [7, 11) is 0. The van der Waals surface area contributed by atoms with Gasteiger partial charge in [0.2, 0.25) is 29.4 Å². The lowest BCUT2D eigenvalue weighted by Crippen LogP contribution is -2.63. The number of fused-ring (bicyclic) bond motifs is 1. The first kappa shape index (κ1) is 43.4. The lowest BCUT2D eigenvalue weighted by molar-refractivity contribution is -0.153. The van der Waals surface area contributed by atoms with Crippen LogP contribution in [0.2, 0.25) is 0 Å². The number of urea groups is 1. The average Bonchev–Trinajstić information content (AvgIpc) is 3.75. The van der Waals surface area contributed by atoms with E-state index in [1.807, 2.05) is 41.5 Å². The minimum Gasteiger partial charge on any atom is -0.346 e. The van der Waals surface area contributed by atoms with Crippen molar-refractivity contribution in [3.8, 4) is 0 Å². The molecule has 0 radical (unpaired) electrons. The van der Waals surface area contributed by atoms with E-state index in [2.05, 4.69) is 41.7 Å². The Morgan fingerprint density at radius 2 is 1.50 bits per heavy atom. The van der Waals surface area contributed by atoms with Gasteiger partial charge < -0.3 is 26.2 Å². The van der Waals surface area contributed by atoms with Crippen LogP contribution in [0.25, 0.3) is 0 Å². The topological polar surface area (TPSA) is 174 Å². The van der Waals surface area contributed by atoms with Crippen LogP contribution < -0.4 is 21.3 Å². The number of carbonyl (C=O) groups is 7. The van der Waals surface area contributed by atoms with Crippen molar-refractivity contribution in [2.24, 2.45) is 39.4 Å². The third-order valence-electron chi connectivity index (χ3n) is 13.7. The van der Waals surface area contributed by atoms with Gasteiger partial charge in [-0.2, -0.15) is 0 Å². The highest BCUT2D eigenvalue weighted by atomic mass is 16.2. The first-order valence-electron chi connectivity index (χ1n) is 21.0. The van der Waals surface area contributed by atoms with Gasteiger partial charge in [-0.15, -0.1) is 6.58 Å². The van der Waals surface area contributed by atoms with Gasteiger partial charge in [0.25, 0.3) is 5.91 Å². The van der Waals surface area contributed by atoms with Gasteiger partial charge in [-0.25, -0.2) is 4.79 Å². The highest BCUT2D eigenvalue weighted by molar-refractivity contribution is 6.38. The van der Waals surface area contributed by atoms with Gasteiger partial charge in [0.15, 0.2) is 0 Å².